The summed E-state index contributed by atoms with van der Waals surface area (Å²) in [5.41, 5.74) is 0.819. The second-order valence-corrected chi connectivity index (χ2v) is 6.74. The van der Waals surface area contributed by atoms with Gasteiger partial charge in [-0.1, -0.05) is 36.8 Å². The summed E-state index contributed by atoms with van der Waals surface area (Å²) < 4.78 is 0. The highest BCUT2D eigenvalue weighted by Gasteiger charge is 2.30. The molecule has 0 saturated heterocycles. The molecule has 2 rings (SSSR count). The van der Waals surface area contributed by atoms with Gasteiger partial charge in [-0.25, -0.2) is 4.79 Å². The Morgan fingerprint density at radius 2 is 1.80 bits per heavy atom. The molecule has 2 amide bonds. The quantitative estimate of drug-likeness (QED) is 0.498. The van der Waals surface area contributed by atoms with Crippen LogP contribution >= 0.6 is 12.6 Å². The molecular weight excluding hydrogens is 340 g/mol. The van der Waals surface area contributed by atoms with Gasteiger partial charge in [-0.15, -0.1) is 0 Å². The zero-order valence-corrected chi connectivity index (χ0v) is 14.9. The number of carbonyl (C=O) groups excluding carboxylic acids is 2. The molecule has 6 nitrogen and oxygen atoms in total. The SMILES string of the molecule is O=C(NC(CCS)C(=O)N[C@H](Cc1ccccc1)C(=O)O)C1CCC1. The number of hydrogen-bond acceptors (Lipinski definition) is 4. The Labute approximate surface area is 152 Å². The van der Waals surface area contributed by atoms with Gasteiger partial charge in [0.15, 0.2) is 0 Å². The Kier molecular flexibility index (Phi) is 7.31. The van der Waals surface area contributed by atoms with Crippen LogP contribution in [0.3, 0.4) is 0 Å². The highest BCUT2D eigenvalue weighted by Crippen LogP contribution is 2.26. The van der Waals surface area contributed by atoms with E-state index in [-0.39, 0.29) is 18.2 Å². The van der Waals surface area contributed by atoms with Crippen molar-refractivity contribution in [3.63, 3.8) is 0 Å². The monoisotopic (exact) mass is 364 g/mol. The van der Waals surface area contributed by atoms with Crippen LogP contribution in [0.15, 0.2) is 30.3 Å². The molecule has 0 aliphatic heterocycles. The molecule has 0 bridgehead atoms. The van der Waals surface area contributed by atoms with Crippen molar-refractivity contribution in [1.29, 1.82) is 0 Å². The van der Waals surface area contributed by atoms with Crippen LogP contribution in [0.4, 0.5) is 0 Å². The molecule has 3 N–H and O–H groups in total. The molecule has 1 aliphatic rings. The summed E-state index contributed by atoms with van der Waals surface area (Å²) in [5.74, 6) is -1.34. The second-order valence-electron chi connectivity index (χ2n) is 6.29. The average molecular weight is 364 g/mol. The van der Waals surface area contributed by atoms with Gasteiger partial charge >= 0.3 is 5.97 Å². The Morgan fingerprint density at radius 1 is 1.12 bits per heavy atom. The predicted molar refractivity (Wildman–Crippen MR) is 97.5 cm³/mol. The number of carboxylic acid groups (broad SMARTS) is 1. The first-order chi connectivity index (χ1) is 12.0. The molecule has 0 radical (unpaired) electrons. The summed E-state index contributed by atoms with van der Waals surface area (Å²) in [6.45, 7) is 0. The Balaban J connectivity index is 1.97. The van der Waals surface area contributed by atoms with Gasteiger partial charge in [0, 0.05) is 12.3 Å². The first-order valence-electron chi connectivity index (χ1n) is 8.49. The normalized spacial score (nSPS) is 16.4. The van der Waals surface area contributed by atoms with Crippen molar-refractivity contribution < 1.29 is 19.5 Å². The van der Waals surface area contributed by atoms with E-state index in [1.807, 2.05) is 30.3 Å². The third kappa shape index (κ3) is 5.77. The Bertz CT molecular complexity index is 604. The molecular formula is C18H24N2O4S. The van der Waals surface area contributed by atoms with Gasteiger partial charge in [0.2, 0.25) is 11.8 Å². The van der Waals surface area contributed by atoms with Gasteiger partial charge in [0.1, 0.15) is 12.1 Å². The highest BCUT2D eigenvalue weighted by atomic mass is 32.1. The van der Waals surface area contributed by atoms with E-state index in [1.165, 1.54) is 0 Å². The minimum Gasteiger partial charge on any atom is -0.480 e. The van der Waals surface area contributed by atoms with Crippen molar-refractivity contribution >= 4 is 30.4 Å². The first-order valence-corrected chi connectivity index (χ1v) is 9.13. The van der Waals surface area contributed by atoms with Crippen LogP contribution in [0.5, 0.6) is 0 Å². The minimum absolute atomic E-state index is 0.0326. The number of carbonyl (C=O) groups is 3. The molecule has 1 fully saturated rings. The van der Waals surface area contributed by atoms with Crippen LogP contribution in [0, 0.1) is 5.92 Å². The molecule has 2 atom stereocenters. The van der Waals surface area contributed by atoms with E-state index in [4.69, 9.17) is 0 Å². The maximum Gasteiger partial charge on any atom is 0.326 e. The fourth-order valence-electron chi connectivity index (χ4n) is 2.68. The van der Waals surface area contributed by atoms with Crippen LogP contribution < -0.4 is 10.6 Å². The van der Waals surface area contributed by atoms with Crippen molar-refractivity contribution in [2.45, 2.75) is 44.2 Å². The fourth-order valence-corrected chi connectivity index (χ4v) is 2.94. The lowest BCUT2D eigenvalue weighted by Crippen LogP contribution is -2.53. The fraction of sp³-hybridized carbons (Fsp3) is 0.500. The largest absolute Gasteiger partial charge is 0.480 e. The van der Waals surface area contributed by atoms with E-state index in [2.05, 4.69) is 23.3 Å². The van der Waals surface area contributed by atoms with E-state index < -0.39 is 24.0 Å². The van der Waals surface area contributed by atoms with E-state index in [0.29, 0.717) is 12.2 Å². The Hall–Kier alpha value is -2.02. The highest BCUT2D eigenvalue weighted by molar-refractivity contribution is 7.80. The lowest BCUT2D eigenvalue weighted by molar-refractivity contribution is -0.142. The number of nitrogens with one attached hydrogen (secondary N) is 2. The van der Waals surface area contributed by atoms with Crippen LogP contribution in [-0.2, 0) is 20.8 Å². The summed E-state index contributed by atoms with van der Waals surface area (Å²) in [6, 6.07) is 7.30. The number of benzene rings is 1. The maximum absolute atomic E-state index is 12.5. The summed E-state index contributed by atoms with van der Waals surface area (Å²) in [7, 11) is 0. The number of amides is 2. The Morgan fingerprint density at radius 3 is 2.32 bits per heavy atom. The van der Waals surface area contributed by atoms with Crippen molar-refractivity contribution in [1.82, 2.24) is 10.6 Å². The molecule has 1 saturated carbocycles. The van der Waals surface area contributed by atoms with Crippen LogP contribution in [-0.4, -0.2) is 40.7 Å². The molecule has 136 valence electrons. The summed E-state index contributed by atoms with van der Waals surface area (Å²) in [6.07, 6.45) is 3.25. The van der Waals surface area contributed by atoms with Crippen molar-refractivity contribution in [2.24, 2.45) is 5.92 Å². The van der Waals surface area contributed by atoms with Crippen molar-refractivity contribution in [3.05, 3.63) is 35.9 Å². The molecule has 0 aromatic heterocycles. The number of thiol groups is 1. The summed E-state index contributed by atoms with van der Waals surface area (Å²) in [4.78, 5) is 36.1. The van der Waals surface area contributed by atoms with Crippen molar-refractivity contribution in [3.8, 4) is 0 Å². The molecule has 25 heavy (non-hydrogen) atoms. The zero-order chi connectivity index (χ0) is 18.2. The van der Waals surface area contributed by atoms with Gasteiger partial charge in [0.25, 0.3) is 0 Å². The number of rotatable bonds is 9. The lowest BCUT2D eigenvalue weighted by atomic mass is 9.84. The summed E-state index contributed by atoms with van der Waals surface area (Å²) in [5, 5.41) is 14.7. The van der Waals surface area contributed by atoms with E-state index in [0.717, 1.165) is 24.8 Å². The smallest absolute Gasteiger partial charge is 0.326 e. The molecule has 7 heteroatoms. The summed E-state index contributed by atoms with van der Waals surface area (Å²) >= 11 is 4.13. The molecule has 1 aromatic rings. The number of carboxylic acids is 1. The van der Waals surface area contributed by atoms with Gasteiger partial charge in [-0.05, 0) is 30.6 Å². The molecule has 1 aliphatic carbocycles. The van der Waals surface area contributed by atoms with Gasteiger partial charge in [0.05, 0.1) is 0 Å². The second kappa shape index (κ2) is 9.46. The predicted octanol–water partition coefficient (Wildman–Crippen LogP) is 1.40. The van der Waals surface area contributed by atoms with Crippen LogP contribution in [0.2, 0.25) is 0 Å². The van der Waals surface area contributed by atoms with E-state index >= 15 is 0 Å². The third-order valence-electron chi connectivity index (χ3n) is 4.42. The molecule has 0 spiro atoms. The molecule has 0 heterocycles. The van der Waals surface area contributed by atoms with Crippen LogP contribution in [0.1, 0.15) is 31.2 Å². The van der Waals surface area contributed by atoms with Crippen molar-refractivity contribution in [2.75, 3.05) is 5.75 Å². The van der Waals surface area contributed by atoms with Gasteiger partial charge in [-0.3, -0.25) is 9.59 Å². The lowest BCUT2D eigenvalue weighted by Gasteiger charge is -2.27. The standard InChI is InChI=1S/C18H24N2O4S/c21-16(13-7-4-8-13)19-14(9-10-25)17(22)20-15(18(23)24)11-12-5-2-1-3-6-12/h1-3,5-6,13-15,25H,4,7-11H2,(H,19,21)(H,20,22)(H,23,24)/t14?,15-/m1/s1. The molecule has 1 unspecified atom stereocenters. The minimum atomic E-state index is -1.10. The number of aliphatic carboxylic acids is 1. The van der Waals surface area contributed by atoms with E-state index in [1.54, 1.807) is 0 Å². The molecule has 1 aromatic carbocycles. The van der Waals surface area contributed by atoms with E-state index in [9.17, 15) is 19.5 Å². The first kappa shape index (κ1) is 19.3. The van der Waals surface area contributed by atoms with Gasteiger partial charge in [-0.2, -0.15) is 12.6 Å². The number of hydrogen-bond donors (Lipinski definition) is 4. The average Bonchev–Trinajstić information content (AvgIpc) is 2.53. The van der Waals surface area contributed by atoms with Gasteiger partial charge < -0.3 is 15.7 Å². The zero-order valence-electron chi connectivity index (χ0n) is 14.0. The van der Waals surface area contributed by atoms with Crippen LogP contribution in [0.25, 0.3) is 0 Å². The third-order valence-corrected chi connectivity index (χ3v) is 4.68. The maximum atomic E-state index is 12.5. The topological polar surface area (TPSA) is 95.5 Å².